The zero-order chi connectivity index (χ0) is 14.0. The highest BCUT2D eigenvalue weighted by molar-refractivity contribution is 5.29. The van der Waals surface area contributed by atoms with Gasteiger partial charge in [-0.05, 0) is 37.5 Å². The van der Waals surface area contributed by atoms with Gasteiger partial charge in [0, 0.05) is 25.2 Å². The zero-order valence-corrected chi connectivity index (χ0v) is 11.8. The van der Waals surface area contributed by atoms with Gasteiger partial charge in [-0.15, -0.1) is 0 Å². The van der Waals surface area contributed by atoms with Gasteiger partial charge in [-0.3, -0.25) is 4.90 Å². The van der Waals surface area contributed by atoms with Crippen LogP contribution in [0.1, 0.15) is 25.8 Å². The number of hydrogen-bond donors (Lipinski definition) is 1. The van der Waals surface area contributed by atoms with Crippen LogP contribution in [-0.2, 0) is 6.54 Å². The van der Waals surface area contributed by atoms with Crippen LogP contribution in [-0.4, -0.2) is 35.8 Å². The summed E-state index contributed by atoms with van der Waals surface area (Å²) in [5.41, 5.74) is 0.0387. The van der Waals surface area contributed by atoms with E-state index in [-0.39, 0.29) is 11.7 Å². The standard InChI is InChI=1S/C15H22FNO2/c1-11-9-17(7-6-15(11,2)18)10-12-8-13(19-3)4-5-14(12)16/h4-5,8,11,18H,6-7,9-10H2,1-3H3/t11-,15+/m1/s1. The van der Waals surface area contributed by atoms with Crippen LogP contribution >= 0.6 is 0 Å². The molecule has 1 N–H and O–H groups in total. The van der Waals surface area contributed by atoms with Gasteiger partial charge >= 0.3 is 0 Å². The number of benzene rings is 1. The Kier molecular flexibility index (Phi) is 4.11. The fourth-order valence-corrected chi connectivity index (χ4v) is 2.49. The van der Waals surface area contributed by atoms with Gasteiger partial charge in [0.2, 0.25) is 0 Å². The second-order valence-corrected chi connectivity index (χ2v) is 5.70. The maximum Gasteiger partial charge on any atom is 0.127 e. The second kappa shape index (κ2) is 5.47. The Morgan fingerprint density at radius 3 is 2.89 bits per heavy atom. The number of nitrogens with zero attached hydrogens (tertiary/aromatic N) is 1. The Morgan fingerprint density at radius 1 is 1.53 bits per heavy atom. The molecule has 1 aromatic carbocycles. The molecule has 1 heterocycles. The van der Waals surface area contributed by atoms with E-state index in [0.29, 0.717) is 17.9 Å². The molecule has 0 unspecified atom stereocenters. The van der Waals surface area contributed by atoms with Crippen LogP contribution < -0.4 is 4.74 Å². The van der Waals surface area contributed by atoms with Gasteiger partial charge < -0.3 is 9.84 Å². The highest BCUT2D eigenvalue weighted by Gasteiger charge is 2.34. The maximum atomic E-state index is 13.8. The first-order valence-electron chi connectivity index (χ1n) is 6.69. The lowest BCUT2D eigenvalue weighted by molar-refractivity contribution is -0.0525. The number of ether oxygens (including phenoxy) is 1. The van der Waals surface area contributed by atoms with Gasteiger partial charge in [-0.2, -0.15) is 0 Å². The fraction of sp³-hybridized carbons (Fsp3) is 0.600. The third-order valence-corrected chi connectivity index (χ3v) is 4.17. The minimum absolute atomic E-state index is 0.190. The molecule has 0 amide bonds. The van der Waals surface area contributed by atoms with E-state index in [1.807, 2.05) is 13.8 Å². The Hall–Kier alpha value is -1.13. The number of piperidine rings is 1. The molecule has 0 saturated carbocycles. The van der Waals surface area contributed by atoms with E-state index in [2.05, 4.69) is 4.90 Å². The molecule has 0 radical (unpaired) electrons. The van der Waals surface area contributed by atoms with Crippen molar-refractivity contribution in [3.05, 3.63) is 29.6 Å². The van der Waals surface area contributed by atoms with Gasteiger partial charge in [0.05, 0.1) is 12.7 Å². The molecule has 106 valence electrons. The first kappa shape index (κ1) is 14.3. The molecule has 1 aliphatic rings. The summed E-state index contributed by atoms with van der Waals surface area (Å²) in [7, 11) is 1.58. The molecule has 0 aliphatic carbocycles. The quantitative estimate of drug-likeness (QED) is 0.913. The minimum Gasteiger partial charge on any atom is -0.497 e. The highest BCUT2D eigenvalue weighted by Crippen LogP contribution is 2.28. The third kappa shape index (κ3) is 3.25. The average Bonchev–Trinajstić information content (AvgIpc) is 2.37. The van der Waals surface area contributed by atoms with E-state index in [9.17, 15) is 9.50 Å². The van der Waals surface area contributed by atoms with Gasteiger partial charge in [-0.1, -0.05) is 6.92 Å². The van der Waals surface area contributed by atoms with Crippen LogP contribution in [0.25, 0.3) is 0 Å². The molecule has 0 aromatic heterocycles. The van der Waals surface area contributed by atoms with Crippen molar-refractivity contribution in [2.24, 2.45) is 5.92 Å². The first-order chi connectivity index (χ1) is 8.92. The molecule has 0 spiro atoms. The lowest BCUT2D eigenvalue weighted by Gasteiger charge is -2.41. The van der Waals surface area contributed by atoms with E-state index in [4.69, 9.17) is 4.74 Å². The molecule has 1 saturated heterocycles. The summed E-state index contributed by atoms with van der Waals surface area (Å²) in [5.74, 6) is 0.661. The predicted molar refractivity (Wildman–Crippen MR) is 72.6 cm³/mol. The Balaban J connectivity index is 2.06. The Labute approximate surface area is 114 Å². The molecule has 1 aromatic rings. The molecule has 4 heteroatoms. The molecule has 2 atom stereocenters. The number of likely N-dealkylation sites (tertiary alicyclic amines) is 1. The minimum atomic E-state index is -0.608. The number of methoxy groups -OCH3 is 1. The largest absolute Gasteiger partial charge is 0.497 e. The molecule has 2 rings (SSSR count). The summed E-state index contributed by atoms with van der Waals surface area (Å²) in [5, 5.41) is 10.1. The first-order valence-corrected chi connectivity index (χ1v) is 6.69. The lowest BCUT2D eigenvalue weighted by Crippen LogP contribution is -2.48. The van der Waals surface area contributed by atoms with Crippen LogP contribution in [0.2, 0.25) is 0 Å². The normalized spacial score (nSPS) is 28.4. The van der Waals surface area contributed by atoms with E-state index >= 15 is 0 Å². The Morgan fingerprint density at radius 2 is 2.26 bits per heavy atom. The summed E-state index contributed by atoms with van der Waals surface area (Å²) < 4.78 is 18.9. The van der Waals surface area contributed by atoms with Gasteiger partial charge in [0.1, 0.15) is 11.6 Å². The lowest BCUT2D eigenvalue weighted by atomic mass is 9.84. The third-order valence-electron chi connectivity index (χ3n) is 4.17. The zero-order valence-electron chi connectivity index (χ0n) is 11.8. The van der Waals surface area contributed by atoms with Crippen molar-refractivity contribution in [1.82, 2.24) is 4.90 Å². The number of rotatable bonds is 3. The summed E-state index contributed by atoms with van der Waals surface area (Å²) in [6, 6.07) is 4.81. The topological polar surface area (TPSA) is 32.7 Å². The maximum absolute atomic E-state index is 13.8. The van der Waals surface area contributed by atoms with Gasteiger partial charge in [0.15, 0.2) is 0 Å². The summed E-state index contributed by atoms with van der Waals surface area (Å²) in [6.45, 7) is 6.04. The molecule has 0 bridgehead atoms. The predicted octanol–water partition coefficient (Wildman–Crippen LogP) is 2.43. The van der Waals surface area contributed by atoms with Crippen molar-refractivity contribution in [2.45, 2.75) is 32.4 Å². The van der Waals surface area contributed by atoms with Gasteiger partial charge in [0.25, 0.3) is 0 Å². The van der Waals surface area contributed by atoms with Crippen LogP contribution in [0, 0.1) is 11.7 Å². The fourth-order valence-electron chi connectivity index (χ4n) is 2.49. The summed E-state index contributed by atoms with van der Waals surface area (Å²) in [6.07, 6.45) is 0.722. The monoisotopic (exact) mass is 267 g/mol. The SMILES string of the molecule is COc1ccc(F)c(CN2CC[C@](C)(O)[C@H](C)C2)c1. The van der Waals surface area contributed by atoms with Crippen molar-refractivity contribution >= 4 is 0 Å². The van der Waals surface area contributed by atoms with Crippen molar-refractivity contribution < 1.29 is 14.2 Å². The molecule has 1 fully saturated rings. The average molecular weight is 267 g/mol. The van der Waals surface area contributed by atoms with E-state index in [0.717, 1.165) is 19.5 Å². The molecule has 3 nitrogen and oxygen atoms in total. The van der Waals surface area contributed by atoms with E-state index < -0.39 is 5.60 Å². The van der Waals surface area contributed by atoms with E-state index in [1.54, 1.807) is 19.2 Å². The van der Waals surface area contributed by atoms with Crippen LogP contribution in [0.4, 0.5) is 4.39 Å². The van der Waals surface area contributed by atoms with Gasteiger partial charge in [-0.25, -0.2) is 4.39 Å². The molecular weight excluding hydrogens is 245 g/mol. The van der Waals surface area contributed by atoms with Crippen molar-refractivity contribution in [3.8, 4) is 5.75 Å². The molecule has 19 heavy (non-hydrogen) atoms. The van der Waals surface area contributed by atoms with Crippen LogP contribution in [0.3, 0.4) is 0 Å². The Bertz CT molecular complexity index is 448. The molecular formula is C15H22FNO2. The smallest absolute Gasteiger partial charge is 0.127 e. The van der Waals surface area contributed by atoms with Crippen molar-refractivity contribution in [2.75, 3.05) is 20.2 Å². The highest BCUT2D eigenvalue weighted by atomic mass is 19.1. The second-order valence-electron chi connectivity index (χ2n) is 5.70. The molecule has 1 aliphatic heterocycles. The number of halogens is 1. The van der Waals surface area contributed by atoms with Crippen molar-refractivity contribution in [3.63, 3.8) is 0 Å². The number of aliphatic hydroxyl groups is 1. The van der Waals surface area contributed by atoms with Crippen LogP contribution in [0.15, 0.2) is 18.2 Å². The van der Waals surface area contributed by atoms with Crippen molar-refractivity contribution in [1.29, 1.82) is 0 Å². The summed E-state index contributed by atoms with van der Waals surface area (Å²) in [4.78, 5) is 2.18. The van der Waals surface area contributed by atoms with Crippen LogP contribution in [0.5, 0.6) is 5.75 Å². The summed E-state index contributed by atoms with van der Waals surface area (Å²) >= 11 is 0. The van der Waals surface area contributed by atoms with E-state index in [1.165, 1.54) is 6.07 Å². The number of hydrogen-bond acceptors (Lipinski definition) is 3.